The molecule has 1 amide bonds. The van der Waals surface area contributed by atoms with Crippen LogP contribution in [0.15, 0.2) is 24.3 Å². The van der Waals surface area contributed by atoms with Crippen LogP contribution >= 0.6 is 0 Å². The Balaban J connectivity index is 2.00. The fourth-order valence-corrected chi connectivity index (χ4v) is 2.78. The van der Waals surface area contributed by atoms with E-state index >= 15 is 0 Å². The molecule has 1 saturated heterocycles. The molecule has 5 heteroatoms. The third-order valence-corrected chi connectivity index (χ3v) is 3.83. The van der Waals surface area contributed by atoms with E-state index in [9.17, 15) is 4.79 Å². The second kappa shape index (κ2) is 6.67. The molecule has 1 aromatic rings. The van der Waals surface area contributed by atoms with Gasteiger partial charge in [-0.25, -0.2) is 4.79 Å². The standard InChI is InChI=1S/C17H27N3O2/c1-17(2,3)22-16(21)19-13-8-6-12(7-9-13)14-10-18-11-15(14)20(4)5/h6-9,14-15,18H,10-11H2,1-5H3,(H,19,21)/t14-,15+/m1/s1. The van der Waals surface area contributed by atoms with Crippen molar-refractivity contribution in [1.82, 2.24) is 10.2 Å². The summed E-state index contributed by atoms with van der Waals surface area (Å²) in [5.41, 5.74) is 1.56. The molecule has 0 radical (unpaired) electrons. The summed E-state index contributed by atoms with van der Waals surface area (Å²) in [5, 5.41) is 6.21. The second-order valence-corrected chi connectivity index (χ2v) is 7.04. The van der Waals surface area contributed by atoms with Gasteiger partial charge in [0.1, 0.15) is 5.60 Å². The Morgan fingerprint density at radius 1 is 1.23 bits per heavy atom. The average Bonchev–Trinajstić information content (AvgIpc) is 2.86. The summed E-state index contributed by atoms with van der Waals surface area (Å²) < 4.78 is 5.25. The number of rotatable bonds is 3. The van der Waals surface area contributed by atoms with E-state index < -0.39 is 11.7 Å². The van der Waals surface area contributed by atoms with Gasteiger partial charge in [0.05, 0.1) is 0 Å². The number of carbonyl (C=O) groups is 1. The van der Waals surface area contributed by atoms with E-state index in [1.807, 2.05) is 32.9 Å². The average molecular weight is 305 g/mol. The van der Waals surface area contributed by atoms with Crippen molar-refractivity contribution in [3.05, 3.63) is 29.8 Å². The minimum Gasteiger partial charge on any atom is -0.444 e. The van der Waals surface area contributed by atoms with Crippen LogP contribution in [-0.2, 0) is 4.74 Å². The van der Waals surface area contributed by atoms with E-state index in [0.29, 0.717) is 12.0 Å². The van der Waals surface area contributed by atoms with Crippen LogP contribution in [0.4, 0.5) is 10.5 Å². The van der Waals surface area contributed by atoms with Crippen LogP contribution in [0.25, 0.3) is 0 Å². The molecule has 1 aliphatic heterocycles. The first kappa shape index (κ1) is 16.8. The fraction of sp³-hybridized carbons (Fsp3) is 0.588. The largest absolute Gasteiger partial charge is 0.444 e. The topological polar surface area (TPSA) is 53.6 Å². The van der Waals surface area contributed by atoms with Gasteiger partial charge in [0.25, 0.3) is 0 Å². The number of benzene rings is 1. The zero-order chi connectivity index (χ0) is 16.3. The van der Waals surface area contributed by atoms with Crippen molar-refractivity contribution < 1.29 is 9.53 Å². The Bertz CT molecular complexity index is 506. The van der Waals surface area contributed by atoms with Crippen LogP contribution in [-0.4, -0.2) is 49.8 Å². The number of nitrogens with zero attached hydrogens (tertiary/aromatic N) is 1. The van der Waals surface area contributed by atoms with E-state index in [1.54, 1.807) is 0 Å². The maximum atomic E-state index is 11.8. The predicted octanol–water partition coefficient (Wildman–Crippen LogP) is 2.65. The molecule has 2 N–H and O–H groups in total. The first-order valence-corrected chi connectivity index (χ1v) is 7.73. The normalized spacial score (nSPS) is 21.9. The number of likely N-dealkylation sites (N-methyl/N-ethyl adjacent to an activating group) is 1. The second-order valence-electron chi connectivity index (χ2n) is 7.04. The number of ether oxygens (including phenoxy) is 1. The number of carbonyl (C=O) groups excluding carboxylic acids is 1. The summed E-state index contributed by atoms with van der Waals surface area (Å²) in [5.74, 6) is 0.477. The van der Waals surface area contributed by atoms with Crippen LogP contribution in [0.3, 0.4) is 0 Å². The third kappa shape index (κ3) is 4.45. The van der Waals surface area contributed by atoms with E-state index in [-0.39, 0.29) is 0 Å². The van der Waals surface area contributed by atoms with Crippen LogP contribution in [0.1, 0.15) is 32.3 Å². The molecule has 1 heterocycles. The van der Waals surface area contributed by atoms with Gasteiger partial charge in [0, 0.05) is 30.7 Å². The highest BCUT2D eigenvalue weighted by Gasteiger charge is 2.29. The van der Waals surface area contributed by atoms with Gasteiger partial charge in [0.15, 0.2) is 0 Å². The van der Waals surface area contributed by atoms with Crippen LogP contribution < -0.4 is 10.6 Å². The summed E-state index contributed by atoms with van der Waals surface area (Å²) >= 11 is 0. The summed E-state index contributed by atoms with van der Waals surface area (Å²) in [7, 11) is 4.23. The Hall–Kier alpha value is -1.59. The fourth-order valence-electron chi connectivity index (χ4n) is 2.78. The lowest BCUT2D eigenvalue weighted by atomic mass is 9.93. The highest BCUT2D eigenvalue weighted by Crippen LogP contribution is 2.26. The zero-order valence-electron chi connectivity index (χ0n) is 14.1. The SMILES string of the molecule is CN(C)[C@H]1CNC[C@@H]1c1ccc(NC(=O)OC(C)(C)C)cc1. The number of hydrogen-bond acceptors (Lipinski definition) is 4. The zero-order valence-corrected chi connectivity index (χ0v) is 14.1. The molecule has 0 unspecified atom stereocenters. The van der Waals surface area contributed by atoms with Gasteiger partial charge in [-0.1, -0.05) is 12.1 Å². The van der Waals surface area contributed by atoms with Gasteiger partial charge in [0.2, 0.25) is 0 Å². The molecule has 0 bridgehead atoms. The van der Waals surface area contributed by atoms with Crippen molar-refractivity contribution in [3.63, 3.8) is 0 Å². The van der Waals surface area contributed by atoms with Crippen LogP contribution in [0, 0.1) is 0 Å². The van der Waals surface area contributed by atoms with Crippen molar-refractivity contribution in [2.24, 2.45) is 0 Å². The lowest BCUT2D eigenvalue weighted by molar-refractivity contribution is 0.0636. The molecular formula is C17H27N3O2. The van der Waals surface area contributed by atoms with E-state index in [4.69, 9.17) is 4.74 Å². The van der Waals surface area contributed by atoms with Crippen molar-refractivity contribution >= 4 is 11.8 Å². The highest BCUT2D eigenvalue weighted by molar-refractivity contribution is 5.84. The predicted molar refractivity (Wildman–Crippen MR) is 89.4 cm³/mol. The Morgan fingerprint density at radius 2 is 1.86 bits per heavy atom. The van der Waals surface area contributed by atoms with Crippen LogP contribution in [0.2, 0.25) is 0 Å². The molecule has 2 rings (SSSR count). The lowest BCUT2D eigenvalue weighted by Gasteiger charge is -2.25. The van der Waals surface area contributed by atoms with Gasteiger partial charge in [-0.05, 0) is 52.6 Å². The van der Waals surface area contributed by atoms with E-state index in [0.717, 1.165) is 18.8 Å². The number of anilines is 1. The molecule has 1 aliphatic rings. The molecular weight excluding hydrogens is 278 g/mol. The minimum absolute atomic E-state index is 0.422. The van der Waals surface area contributed by atoms with Gasteiger partial charge in [-0.15, -0.1) is 0 Å². The minimum atomic E-state index is -0.488. The van der Waals surface area contributed by atoms with Crippen molar-refractivity contribution in [1.29, 1.82) is 0 Å². The molecule has 0 spiro atoms. The Labute approximate surface area is 133 Å². The van der Waals surface area contributed by atoms with Gasteiger partial charge >= 0.3 is 6.09 Å². The summed E-state index contributed by atoms with van der Waals surface area (Å²) in [6, 6.07) is 8.54. The first-order valence-electron chi connectivity index (χ1n) is 7.73. The maximum Gasteiger partial charge on any atom is 0.412 e. The third-order valence-electron chi connectivity index (χ3n) is 3.83. The Morgan fingerprint density at radius 3 is 2.41 bits per heavy atom. The molecule has 1 aromatic carbocycles. The molecule has 0 aromatic heterocycles. The Kier molecular flexibility index (Phi) is 5.08. The van der Waals surface area contributed by atoms with Crippen LogP contribution in [0.5, 0.6) is 0 Å². The summed E-state index contributed by atoms with van der Waals surface area (Å²) in [6.45, 7) is 7.55. The van der Waals surface area contributed by atoms with E-state index in [1.165, 1.54) is 5.56 Å². The number of hydrogen-bond donors (Lipinski definition) is 2. The highest BCUT2D eigenvalue weighted by atomic mass is 16.6. The number of nitrogens with one attached hydrogen (secondary N) is 2. The monoisotopic (exact) mass is 305 g/mol. The molecule has 0 aliphatic carbocycles. The van der Waals surface area contributed by atoms with E-state index in [2.05, 4.69) is 41.8 Å². The molecule has 2 atom stereocenters. The van der Waals surface area contributed by atoms with Crippen molar-refractivity contribution in [3.8, 4) is 0 Å². The molecule has 0 saturated carbocycles. The first-order chi connectivity index (χ1) is 10.3. The quantitative estimate of drug-likeness (QED) is 0.901. The molecule has 5 nitrogen and oxygen atoms in total. The summed E-state index contributed by atoms with van der Waals surface area (Å²) in [4.78, 5) is 14.0. The van der Waals surface area contributed by atoms with Crippen molar-refractivity contribution in [2.75, 3.05) is 32.5 Å². The molecule has 22 heavy (non-hydrogen) atoms. The summed E-state index contributed by atoms with van der Waals surface area (Å²) in [6.07, 6.45) is -0.422. The van der Waals surface area contributed by atoms with Gasteiger partial charge in [-0.3, -0.25) is 5.32 Å². The van der Waals surface area contributed by atoms with Gasteiger partial charge < -0.3 is 15.0 Å². The van der Waals surface area contributed by atoms with Crippen molar-refractivity contribution in [2.45, 2.75) is 38.3 Å². The maximum absolute atomic E-state index is 11.8. The smallest absolute Gasteiger partial charge is 0.412 e. The lowest BCUT2D eigenvalue weighted by Crippen LogP contribution is -2.33. The molecule has 1 fully saturated rings. The van der Waals surface area contributed by atoms with Gasteiger partial charge in [-0.2, -0.15) is 0 Å². The molecule has 122 valence electrons. The number of amides is 1.